The summed E-state index contributed by atoms with van der Waals surface area (Å²) in [7, 11) is 0. The minimum absolute atomic E-state index is 0.377. The Bertz CT molecular complexity index is 330. The molecule has 2 atom stereocenters. The summed E-state index contributed by atoms with van der Waals surface area (Å²) < 4.78 is 1.96. The first-order valence-corrected chi connectivity index (χ1v) is 6.22. The summed E-state index contributed by atoms with van der Waals surface area (Å²) in [5.41, 5.74) is 4.24. The molecule has 90 valence electrons. The van der Waals surface area contributed by atoms with Gasteiger partial charge in [-0.3, -0.25) is 16.0 Å². The van der Waals surface area contributed by atoms with E-state index in [0.717, 1.165) is 18.9 Å². The van der Waals surface area contributed by atoms with Gasteiger partial charge in [0.05, 0.1) is 6.20 Å². The smallest absolute Gasteiger partial charge is 0.0522 e. The van der Waals surface area contributed by atoms with Crippen LogP contribution in [-0.4, -0.2) is 15.8 Å². The average molecular weight is 222 g/mol. The van der Waals surface area contributed by atoms with E-state index in [1.165, 1.54) is 18.4 Å². The number of aryl methyl sites for hydroxylation is 1. The summed E-state index contributed by atoms with van der Waals surface area (Å²) in [5.74, 6) is 7.19. The van der Waals surface area contributed by atoms with E-state index in [1.807, 2.05) is 10.9 Å². The molecule has 1 saturated carbocycles. The fourth-order valence-electron chi connectivity index (χ4n) is 2.29. The first-order valence-electron chi connectivity index (χ1n) is 6.22. The Morgan fingerprint density at radius 2 is 2.38 bits per heavy atom. The Kier molecular flexibility index (Phi) is 3.61. The fourth-order valence-corrected chi connectivity index (χ4v) is 2.29. The van der Waals surface area contributed by atoms with Crippen LogP contribution >= 0.6 is 0 Å². The van der Waals surface area contributed by atoms with Gasteiger partial charge in [0.15, 0.2) is 0 Å². The molecule has 16 heavy (non-hydrogen) atoms. The van der Waals surface area contributed by atoms with Gasteiger partial charge in [-0.25, -0.2) is 0 Å². The molecular formula is C12H22N4. The van der Waals surface area contributed by atoms with Crippen LogP contribution in [0.1, 0.15) is 32.3 Å². The van der Waals surface area contributed by atoms with Crippen molar-refractivity contribution in [3.8, 4) is 0 Å². The van der Waals surface area contributed by atoms with Crippen LogP contribution in [0, 0.1) is 11.8 Å². The van der Waals surface area contributed by atoms with E-state index < -0.39 is 0 Å². The van der Waals surface area contributed by atoms with Gasteiger partial charge in [-0.15, -0.1) is 0 Å². The van der Waals surface area contributed by atoms with Crippen LogP contribution in [0.5, 0.6) is 0 Å². The number of nitrogens with zero attached hydrogens (tertiary/aromatic N) is 2. The molecule has 1 fully saturated rings. The molecule has 4 heteroatoms. The minimum Gasteiger partial charge on any atom is -0.273 e. The second-order valence-corrected chi connectivity index (χ2v) is 4.88. The van der Waals surface area contributed by atoms with Crippen molar-refractivity contribution in [2.24, 2.45) is 17.7 Å². The fraction of sp³-hybridized carbons (Fsp3) is 0.750. The molecule has 1 aromatic rings. The van der Waals surface area contributed by atoms with Crippen molar-refractivity contribution in [3.63, 3.8) is 0 Å². The molecule has 0 aromatic carbocycles. The predicted octanol–water partition coefficient (Wildman–Crippen LogP) is 1.32. The average Bonchev–Trinajstić information content (AvgIpc) is 3.05. The summed E-state index contributed by atoms with van der Waals surface area (Å²) >= 11 is 0. The van der Waals surface area contributed by atoms with Crippen molar-refractivity contribution < 1.29 is 0 Å². The molecule has 1 aliphatic rings. The number of aromatic nitrogens is 2. The van der Waals surface area contributed by atoms with E-state index in [0.29, 0.717) is 12.0 Å². The zero-order valence-electron chi connectivity index (χ0n) is 10.2. The maximum atomic E-state index is 5.65. The van der Waals surface area contributed by atoms with Gasteiger partial charge in [0, 0.05) is 18.8 Å². The molecule has 3 N–H and O–H groups in total. The molecule has 2 rings (SSSR count). The summed E-state index contributed by atoms with van der Waals surface area (Å²) in [6.45, 7) is 5.33. The highest BCUT2D eigenvalue weighted by Gasteiger charge is 2.32. The Hall–Kier alpha value is -0.870. The van der Waals surface area contributed by atoms with E-state index >= 15 is 0 Å². The van der Waals surface area contributed by atoms with Gasteiger partial charge < -0.3 is 0 Å². The van der Waals surface area contributed by atoms with Crippen LogP contribution in [-0.2, 0) is 13.0 Å². The number of nitrogens with one attached hydrogen (secondary N) is 1. The van der Waals surface area contributed by atoms with Gasteiger partial charge in [-0.2, -0.15) is 5.10 Å². The summed E-state index contributed by atoms with van der Waals surface area (Å²) in [6.07, 6.45) is 7.78. The number of rotatable bonds is 6. The maximum Gasteiger partial charge on any atom is 0.0522 e. The Labute approximate surface area is 97.2 Å². The third kappa shape index (κ3) is 2.62. The topological polar surface area (TPSA) is 55.9 Å². The number of hydrogen-bond acceptors (Lipinski definition) is 3. The molecule has 0 saturated heterocycles. The van der Waals surface area contributed by atoms with E-state index in [4.69, 9.17) is 5.84 Å². The first kappa shape index (κ1) is 11.6. The van der Waals surface area contributed by atoms with Crippen molar-refractivity contribution in [1.29, 1.82) is 0 Å². The zero-order valence-corrected chi connectivity index (χ0v) is 10.2. The minimum atomic E-state index is 0.377. The molecule has 1 aromatic heterocycles. The Morgan fingerprint density at radius 1 is 1.62 bits per heavy atom. The lowest BCUT2D eigenvalue weighted by Gasteiger charge is -2.22. The second-order valence-electron chi connectivity index (χ2n) is 4.88. The summed E-state index contributed by atoms with van der Waals surface area (Å²) in [6, 6.07) is 0.377. The van der Waals surface area contributed by atoms with E-state index in [9.17, 15) is 0 Å². The molecule has 1 aliphatic carbocycles. The SMILES string of the molecule is CCn1cc(CC(NN)C(C)C2CC2)cn1. The quantitative estimate of drug-likeness (QED) is 0.564. The van der Waals surface area contributed by atoms with Gasteiger partial charge >= 0.3 is 0 Å². The lowest BCUT2D eigenvalue weighted by atomic mass is 9.93. The lowest BCUT2D eigenvalue weighted by Crippen LogP contribution is -2.42. The highest BCUT2D eigenvalue weighted by molar-refractivity contribution is 5.07. The van der Waals surface area contributed by atoms with Crippen molar-refractivity contribution in [2.75, 3.05) is 0 Å². The van der Waals surface area contributed by atoms with Gasteiger partial charge in [-0.05, 0) is 43.6 Å². The first-order chi connectivity index (χ1) is 7.74. The van der Waals surface area contributed by atoms with Crippen LogP contribution < -0.4 is 11.3 Å². The monoisotopic (exact) mass is 222 g/mol. The van der Waals surface area contributed by atoms with E-state index in [1.54, 1.807) is 0 Å². The van der Waals surface area contributed by atoms with Crippen molar-refractivity contribution >= 4 is 0 Å². The Balaban J connectivity index is 1.94. The highest BCUT2D eigenvalue weighted by Crippen LogP contribution is 2.38. The molecule has 0 radical (unpaired) electrons. The van der Waals surface area contributed by atoms with Gasteiger partial charge in [0.1, 0.15) is 0 Å². The van der Waals surface area contributed by atoms with Gasteiger partial charge in [0.25, 0.3) is 0 Å². The van der Waals surface area contributed by atoms with Gasteiger partial charge in [0.2, 0.25) is 0 Å². The molecule has 0 bridgehead atoms. The molecule has 0 aliphatic heterocycles. The van der Waals surface area contributed by atoms with Crippen molar-refractivity contribution in [1.82, 2.24) is 15.2 Å². The number of hydrazine groups is 1. The second kappa shape index (κ2) is 4.97. The third-order valence-electron chi connectivity index (χ3n) is 3.68. The van der Waals surface area contributed by atoms with Crippen LogP contribution in [0.4, 0.5) is 0 Å². The molecular weight excluding hydrogens is 200 g/mol. The van der Waals surface area contributed by atoms with Crippen molar-refractivity contribution in [3.05, 3.63) is 18.0 Å². The molecule has 0 amide bonds. The third-order valence-corrected chi connectivity index (χ3v) is 3.68. The molecule has 0 spiro atoms. The lowest BCUT2D eigenvalue weighted by molar-refractivity contribution is 0.343. The Morgan fingerprint density at radius 3 is 2.88 bits per heavy atom. The van der Waals surface area contributed by atoms with Crippen LogP contribution in [0.3, 0.4) is 0 Å². The molecule has 4 nitrogen and oxygen atoms in total. The van der Waals surface area contributed by atoms with Crippen molar-refractivity contribution in [2.45, 2.75) is 45.7 Å². The largest absolute Gasteiger partial charge is 0.273 e. The summed E-state index contributed by atoms with van der Waals surface area (Å²) in [5, 5.41) is 4.29. The standard InChI is InChI=1S/C12H22N4/c1-3-16-8-10(7-14-16)6-12(15-13)9(2)11-4-5-11/h7-9,11-12,15H,3-6,13H2,1-2H3. The summed E-state index contributed by atoms with van der Waals surface area (Å²) in [4.78, 5) is 0. The van der Waals surface area contributed by atoms with E-state index in [-0.39, 0.29) is 0 Å². The van der Waals surface area contributed by atoms with Gasteiger partial charge in [-0.1, -0.05) is 6.92 Å². The predicted molar refractivity (Wildman–Crippen MR) is 64.6 cm³/mol. The number of nitrogens with two attached hydrogens (primary N) is 1. The van der Waals surface area contributed by atoms with E-state index in [2.05, 4.69) is 30.6 Å². The normalized spacial score (nSPS) is 19.7. The maximum absolute atomic E-state index is 5.65. The molecule has 2 unspecified atom stereocenters. The number of hydrogen-bond donors (Lipinski definition) is 2. The highest BCUT2D eigenvalue weighted by atomic mass is 15.3. The van der Waals surface area contributed by atoms with Crippen LogP contribution in [0.25, 0.3) is 0 Å². The zero-order chi connectivity index (χ0) is 11.5. The van der Waals surface area contributed by atoms with Crippen LogP contribution in [0.15, 0.2) is 12.4 Å². The van der Waals surface area contributed by atoms with Crippen LogP contribution in [0.2, 0.25) is 0 Å². The molecule has 1 heterocycles.